The van der Waals surface area contributed by atoms with Crippen LogP contribution >= 0.6 is 0 Å². The summed E-state index contributed by atoms with van der Waals surface area (Å²) in [7, 11) is 0. The second kappa shape index (κ2) is 16.8. The lowest BCUT2D eigenvalue weighted by Gasteiger charge is -2.27. The number of hydrogen-bond donors (Lipinski definition) is 0. The molecule has 0 N–H and O–H groups in total. The van der Waals surface area contributed by atoms with Crippen molar-refractivity contribution in [3.63, 3.8) is 0 Å². The molecular formula is C69H45N5. The highest BCUT2D eigenvalue weighted by atomic mass is 15.2. The van der Waals surface area contributed by atoms with Crippen molar-refractivity contribution in [1.29, 1.82) is 0 Å². The topological polar surface area (TPSA) is 29.2 Å². The molecule has 5 nitrogen and oxygen atoms in total. The molecule has 13 aromatic rings. The molecule has 2 aliphatic heterocycles. The number of nitrogens with zero attached hydrogens (tertiary/aromatic N) is 5. The summed E-state index contributed by atoms with van der Waals surface area (Å²) in [5.74, 6) is 0. The molecule has 5 heteroatoms. The molecule has 0 spiro atoms. The fourth-order valence-corrected chi connectivity index (χ4v) is 11.9. The van der Waals surface area contributed by atoms with Crippen molar-refractivity contribution >= 4 is 55.9 Å². The first-order chi connectivity index (χ1) is 36.8. The lowest BCUT2D eigenvalue weighted by atomic mass is 9.98. The SMILES string of the molecule is c1ccc(N2c3ccccc3-c3c(n(-c4cccc(-c5cncc(-c6cccc(-n7c8c(c9ccccc97)-c7ccccc7N(c7ccccc7)c7ccccc7-8)c6)c5)c4)c4ccccc34)-c3ccccc32)cc1. The third-order valence-electron chi connectivity index (χ3n) is 15.0. The summed E-state index contributed by atoms with van der Waals surface area (Å²) in [6.45, 7) is 0. The van der Waals surface area contributed by atoms with Crippen LogP contribution in [0.2, 0.25) is 0 Å². The van der Waals surface area contributed by atoms with Crippen molar-refractivity contribution < 1.29 is 0 Å². The summed E-state index contributed by atoms with van der Waals surface area (Å²) in [5.41, 5.74) is 25.1. The number of fused-ring (bicyclic) bond motifs is 14. The van der Waals surface area contributed by atoms with Gasteiger partial charge in [0.05, 0.1) is 45.2 Å². The third-order valence-corrected chi connectivity index (χ3v) is 15.0. The van der Waals surface area contributed by atoms with E-state index >= 15 is 0 Å². The van der Waals surface area contributed by atoms with Gasteiger partial charge in [-0.25, -0.2) is 0 Å². The molecule has 2 aliphatic rings. The molecule has 5 heterocycles. The van der Waals surface area contributed by atoms with Gasteiger partial charge in [0.25, 0.3) is 0 Å². The zero-order valence-corrected chi connectivity index (χ0v) is 40.2. The van der Waals surface area contributed by atoms with Crippen LogP contribution in [0.1, 0.15) is 0 Å². The normalized spacial score (nSPS) is 12.3. The Morgan fingerprint density at radius 2 is 0.608 bits per heavy atom. The van der Waals surface area contributed by atoms with Crippen molar-refractivity contribution in [2.24, 2.45) is 0 Å². The van der Waals surface area contributed by atoms with Crippen LogP contribution in [0.25, 0.3) is 100 Å². The van der Waals surface area contributed by atoms with Gasteiger partial charge in [-0.1, -0.05) is 170 Å². The van der Waals surface area contributed by atoms with Crippen LogP contribution in [-0.4, -0.2) is 14.1 Å². The van der Waals surface area contributed by atoms with Crippen molar-refractivity contribution in [2.45, 2.75) is 0 Å². The Kier molecular flexibility index (Phi) is 9.50. The maximum Gasteiger partial charge on any atom is 0.0641 e. The number of pyridine rings is 1. The second-order valence-corrected chi connectivity index (χ2v) is 19.1. The Labute approximate surface area is 429 Å². The summed E-state index contributed by atoms with van der Waals surface area (Å²) in [6, 6.07) is 94.8. The van der Waals surface area contributed by atoms with Crippen LogP contribution in [0.3, 0.4) is 0 Å². The number of para-hydroxylation sites is 8. The minimum atomic E-state index is 1.05. The highest BCUT2D eigenvalue weighted by Crippen LogP contribution is 2.56. The number of hydrogen-bond acceptors (Lipinski definition) is 3. The average Bonchev–Trinajstić information content (AvgIpc) is 3.92. The van der Waals surface area contributed by atoms with Gasteiger partial charge in [0, 0.05) is 90.4 Å². The van der Waals surface area contributed by atoms with Crippen molar-refractivity contribution in [3.05, 3.63) is 273 Å². The maximum atomic E-state index is 4.95. The van der Waals surface area contributed by atoms with E-state index in [1.54, 1.807) is 0 Å². The van der Waals surface area contributed by atoms with E-state index in [9.17, 15) is 0 Å². The molecule has 346 valence electrons. The van der Waals surface area contributed by atoms with Crippen LogP contribution in [0, 0.1) is 0 Å². The second-order valence-electron chi connectivity index (χ2n) is 19.1. The third kappa shape index (κ3) is 6.40. The molecule has 0 amide bonds. The van der Waals surface area contributed by atoms with Gasteiger partial charge in [-0.2, -0.15) is 0 Å². The van der Waals surface area contributed by atoms with Gasteiger partial charge < -0.3 is 18.9 Å². The maximum absolute atomic E-state index is 4.95. The van der Waals surface area contributed by atoms with Crippen molar-refractivity contribution in [1.82, 2.24) is 14.1 Å². The Hall–Kier alpha value is -9.97. The fraction of sp³-hybridized carbons (Fsp3) is 0. The summed E-state index contributed by atoms with van der Waals surface area (Å²) in [6.07, 6.45) is 3.99. The number of rotatable bonds is 6. The molecule has 0 saturated carbocycles. The first-order valence-corrected chi connectivity index (χ1v) is 25.3. The Bertz CT molecular complexity index is 4060. The van der Waals surface area contributed by atoms with E-state index in [0.29, 0.717) is 0 Å². The predicted molar refractivity (Wildman–Crippen MR) is 307 cm³/mol. The van der Waals surface area contributed by atoms with Gasteiger partial charge in [-0.15, -0.1) is 0 Å². The van der Waals surface area contributed by atoms with E-state index in [2.05, 4.69) is 280 Å². The van der Waals surface area contributed by atoms with Crippen LogP contribution in [0.15, 0.2) is 273 Å². The molecule has 15 rings (SSSR count). The largest absolute Gasteiger partial charge is 0.309 e. The molecule has 0 fully saturated rings. The highest BCUT2D eigenvalue weighted by molar-refractivity contribution is 6.14. The molecule has 0 radical (unpaired) electrons. The number of aromatic nitrogens is 3. The average molecular weight is 944 g/mol. The first-order valence-electron chi connectivity index (χ1n) is 25.3. The lowest BCUT2D eigenvalue weighted by Crippen LogP contribution is -2.11. The molecule has 0 unspecified atom stereocenters. The van der Waals surface area contributed by atoms with E-state index in [1.807, 2.05) is 12.4 Å². The minimum Gasteiger partial charge on any atom is -0.309 e. The van der Waals surface area contributed by atoms with E-state index in [1.165, 1.54) is 55.5 Å². The molecule has 10 aromatic carbocycles. The number of anilines is 6. The van der Waals surface area contributed by atoms with Gasteiger partial charge >= 0.3 is 0 Å². The van der Waals surface area contributed by atoms with Gasteiger partial charge in [0.15, 0.2) is 0 Å². The van der Waals surface area contributed by atoms with E-state index in [0.717, 1.165) is 78.8 Å². The molecule has 0 saturated heterocycles. The molecule has 74 heavy (non-hydrogen) atoms. The zero-order chi connectivity index (χ0) is 48.7. The minimum absolute atomic E-state index is 1.05. The van der Waals surface area contributed by atoms with E-state index in [-0.39, 0.29) is 0 Å². The summed E-state index contributed by atoms with van der Waals surface area (Å²) in [4.78, 5) is 9.78. The zero-order valence-electron chi connectivity index (χ0n) is 40.2. The Morgan fingerprint density at radius 3 is 1.05 bits per heavy atom. The van der Waals surface area contributed by atoms with E-state index in [4.69, 9.17) is 4.98 Å². The van der Waals surface area contributed by atoms with Crippen molar-refractivity contribution in [2.75, 3.05) is 9.80 Å². The summed E-state index contributed by atoms with van der Waals surface area (Å²) < 4.78 is 4.94. The first kappa shape index (κ1) is 41.8. The molecule has 0 bridgehead atoms. The fourth-order valence-electron chi connectivity index (χ4n) is 11.9. The summed E-state index contributed by atoms with van der Waals surface area (Å²) >= 11 is 0. The Balaban J connectivity index is 0.875. The molecule has 0 aliphatic carbocycles. The lowest BCUT2D eigenvalue weighted by molar-refractivity contribution is 1.13. The standard InChI is InChI=1S/C69H45N5/c1-3-23-50(24-4-1)71-60-35-13-7-29-54(60)66-56-31-9-15-37-62(56)73(68(66)58-33-11-17-39-64(58)71)52-27-19-21-46(42-52)48-41-49(45-70-44-48)47-22-20-28-53(43-47)74-63-38-16-10-32-57(63)67-55-30-8-14-36-61(55)72(51-25-5-2-6-26-51)65-40-18-12-34-59(65)69(67)74/h1-45H. The predicted octanol–water partition coefficient (Wildman–Crippen LogP) is 18.5. The smallest absolute Gasteiger partial charge is 0.0641 e. The van der Waals surface area contributed by atoms with Crippen LogP contribution in [0.5, 0.6) is 0 Å². The summed E-state index contributed by atoms with van der Waals surface area (Å²) in [5, 5.41) is 2.42. The van der Waals surface area contributed by atoms with Gasteiger partial charge in [0.1, 0.15) is 0 Å². The molecule has 3 aromatic heterocycles. The Morgan fingerprint density at radius 1 is 0.257 bits per heavy atom. The number of benzene rings is 10. The van der Waals surface area contributed by atoms with Crippen LogP contribution < -0.4 is 9.80 Å². The van der Waals surface area contributed by atoms with Gasteiger partial charge in [-0.3, -0.25) is 4.98 Å². The van der Waals surface area contributed by atoms with Gasteiger partial charge in [-0.05, 0) is 102 Å². The van der Waals surface area contributed by atoms with E-state index < -0.39 is 0 Å². The van der Waals surface area contributed by atoms with Gasteiger partial charge in [0.2, 0.25) is 0 Å². The monoisotopic (exact) mass is 943 g/mol. The highest BCUT2D eigenvalue weighted by Gasteiger charge is 2.33. The van der Waals surface area contributed by atoms with Crippen LogP contribution in [-0.2, 0) is 0 Å². The van der Waals surface area contributed by atoms with Crippen molar-refractivity contribution in [3.8, 4) is 78.4 Å². The molecule has 0 atom stereocenters. The quantitative estimate of drug-likeness (QED) is 0.166. The van der Waals surface area contributed by atoms with Crippen LogP contribution in [0.4, 0.5) is 34.1 Å². The molecular weight excluding hydrogens is 899 g/mol.